The van der Waals surface area contributed by atoms with E-state index in [9.17, 15) is 4.79 Å². The van der Waals surface area contributed by atoms with Crippen LogP contribution in [-0.4, -0.2) is 43.3 Å². The quantitative estimate of drug-likeness (QED) is 0.781. The van der Waals surface area contributed by atoms with Crippen molar-refractivity contribution < 1.29 is 14.3 Å². The molecule has 0 aromatic heterocycles. The molecule has 0 spiro atoms. The van der Waals surface area contributed by atoms with Crippen LogP contribution in [0, 0.1) is 0 Å². The Kier molecular flexibility index (Phi) is 5.76. The zero-order chi connectivity index (χ0) is 15.2. The number of carbonyl (C=O) groups is 1. The molecule has 1 heterocycles. The molecule has 0 bridgehead atoms. The molecule has 2 atom stereocenters. The molecular formula is C17H25NO3. The molecule has 1 aromatic carbocycles. The molecule has 0 aliphatic carbocycles. The second kappa shape index (κ2) is 7.57. The van der Waals surface area contributed by atoms with Crippen LogP contribution in [0.3, 0.4) is 0 Å². The molecule has 4 heteroatoms. The van der Waals surface area contributed by atoms with Gasteiger partial charge < -0.3 is 9.47 Å². The van der Waals surface area contributed by atoms with Gasteiger partial charge in [-0.3, -0.25) is 9.69 Å². The summed E-state index contributed by atoms with van der Waals surface area (Å²) in [7, 11) is 1.43. The van der Waals surface area contributed by atoms with Crippen molar-refractivity contribution in [1.29, 1.82) is 0 Å². The fraction of sp³-hybridized carbons (Fsp3) is 0.588. The minimum absolute atomic E-state index is 0.190. The first-order valence-corrected chi connectivity index (χ1v) is 7.63. The van der Waals surface area contributed by atoms with E-state index in [0.717, 1.165) is 31.7 Å². The van der Waals surface area contributed by atoms with Crippen LogP contribution in [-0.2, 0) is 27.2 Å². The van der Waals surface area contributed by atoms with Gasteiger partial charge in [0.15, 0.2) is 0 Å². The Labute approximate surface area is 127 Å². The topological polar surface area (TPSA) is 38.8 Å². The van der Waals surface area contributed by atoms with Gasteiger partial charge in [0.25, 0.3) is 0 Å². The van der Waals surface area contributed by atoms with Gasteiger partial charge in [0.1, 0.15) is 0 Å². The van der Waals surface area contributed by atoms with Crippen molar-refractivity contribution >= 4 is 5.97 Å². The summed E-state index contributed by atoms with van der Waals surface area (Å²) in [5.41, 5.74) is 2.26. The first-order valence-electron chi connectivity index (χ1n) is 7.63. The molecule has 1 fully saturated rings. The van der Waals surface area contributed by atoms with E-state index in [1.165, 1.54) is 12.7 Å². The number of hydrogen-bond acceptors (Lipinski definition) is 4. The number of benzene rings is 1. The molecule has 2 rings (SSSR count). The number of rotatable bonds is 5. The Balaban J connectivity index is 2.12. The number of ether oxygens (including phenoxy) is 2. The highest BCUT2D eigenvalue weighted by Crippen LogP contribution is 2.20. The molecule has 0 amide bonds. The van der Waals surface area contributed by atoms with E-state index in [1.807, 2.05) is 18.2 Å². The minimum Gasteiger partial charge on any atom is -0.469 e. The second-order valence-corrected chi connectivity index (χ2v) is 5.66. The van der Waals surface area contributed by atoms with Crippen molar-refractivity contribution in [2.24, 2.45) is 0 Å². The molecule has 1 aliphatic rings. The van der Waals surface area contributed by atoms with Crippen LogP contribution in [0.4, 0.5) is 0 Å². The molecule has 2 unspecified atom stereocenters. The highest BCUT2D eigenvalue weighted by molar-refractivity contribution is 5.72. The van der Waals surface area contributed by atoms with Crippen LogP contribution < -0.4 is 0 Å². The summed E-state index contributed by atoms with van der Waals surface area (Å²) in [6.45, 7) is 6.89. The fourth-order valence-corrected chi connectivity index (χ4v) is 2.81. The smallest absolute Gasteiger partial charge is 0.309 e. The van der Waals surface area contributed by atoms with Gasteiger partial charge in [0.05, 0.1) is 26.2 Å². The molecule has 1 aliphatic heterocycles. The van der Waals surface area contributed by atoms with Gasteiger partial charge in [0.2, 0.25) is 0 Å². The molecule has 0 N–H and O–H groups in total. The standard InChI is InChI=1S/C17H25NO3/c1-4-16-12-21-13(2)10-18(16)11-15-8-6-5-7-14(15)9-17(19)20-3/h5-8,13,16H,4,9-12H2,1-3H3. The van der Waals surface area contributed by atoms with Gasteiger partial charge in [-0.25, -0.2) is 0 Å². The average Bonchev–Trinajstić information content (AvgIpc) is 2.49. The van der Waals surface area contributed by atoms with Crippen molar-refractivity contribution in [3.05, 3.63) is 35.4 Å². The summed E-state index contributed by atoms with van der Waals surface area (Å²) in [5.74, 6) is -0.190. The lowest BCUT2D eigenvalue weighted by Gasteiger charge is -2.38. The predicted octanol–water partition coefficient (Wildman–Crippen LogP) is 2.40. The van der Waals surface area contributed by atoms with Crippen LogP contribution >= 0.6 is 0 Å². The Hall–Kier alpha value is -1.39. The van der Waals surface area contributed by atoms with Gasteiger partial charge in [-0.2, -0.15) is 0 Å². The highest BCUT2D eigenvalue weighted by atomic mass is 16.5. The summed E-state index contributed by atoms with van der Waals surface area (Å²) in [6, 6.07) is 8.57. The fourth-order valence-electron chi connectivity index (χ4n) is 2.81. The summed E-state index contributed by atoms with van der Waals surface area (Å²) in [6.07, 6.45) is 1.68. The monoisotopic (exact) mass is 291 g/mol. The number of morpholine rings is 1. The van der Waals surface area contributed by atoms with Crippen LogP contribution in [0.25, 0.3) is 0 Å². The lowest BCUT2D eigenvalue weighted by Crippen LogP contribution is -2.48. The third-order valence-electron chi connectivity index (χ3n) is 4.11. The molecular weight excluding hydrogens is 266 g/mol. The van der Waals surface area contributed by atoms with Crippen molar-refractivity contribution in [3.63, 3.8) is 0 Å². The molecule has 1 saturated heterocycles. The molecule has 21 heavy (non-hydrogen) atoms. The summed E-state index contributed by atoms with van der Waals surface area (Å²) in [5, 5.41) is 0. The maximum absolute atomic E-state index is 11.5. The Bertz CT molecular complexity index is 475. The van der Waals surface area contributed by atoms with E-state index in [-0.39, 0.29) is 12.1 Å². The van der Waals surface area contributed by atoms with Gasteiger partial charge in [-0.1, -0.05) is 31.2 Å². The van der Waals surface area contributed by atoms with Crippen molar-refractivity contribution in [3.8, 4) is 0 Å². The van der Waals surface area contributed by atoms with Gasteiger partial charge in [-0.05, 0) is 24.5 Å². The van der Waals surface area contributed by atoms with Crippen LogP contribution in [0.1, 0.15) is 31.4 Å². The predicted molar refractivity (Wildman–Crippen MR) is 82.1 cm³/mol. The molecule has 116 valence electrons. The summed E-state index contributed by atoms with van der Waals surface area (Å²) in [4.78, 5) is 14.0. The minimum atomic E-state index is -0.190. The maximum Gasteiger partial charge on any atom is 0.309 e. The normalized spacial score (nSPS) is 23.0. The van der Waals surface area contributed by atoms with E-state index < -0.39 is 0 Å². The third-order valence-corrected chi connectivity index (χ3v) is 4.11. The lowest BCUT2D eigenvalue weighted by atomic mass is 10.0. The zero-order valence-electron chi connectivity index (χ0n) is 13.2. The van der Waals surface area contributed by atoms with Crippen molar-refractivity contribution in [2.75, 3.05) is 20.3 Å². The van der Waals surface area contributed by atoms with E-state index in [4.69, 9.17) is 9.47 Å². The molecule has 4 nitrogen and oxygen atoms in total. The zero-order valence-corrected chi connectivity index (χ0v) is 13.2. The SMILES string of the molecule is CCC1COC(C)CN1Cc1ccccc1CC(=O)OC. The largest absolute Gasteiger partial charge is 0.469 e. The Morgan fingerprint density at radius 2 is 2.10 bits per heavy atom. The van der Waals surface area contributed by atoms with Crippen LogP contribution in [0.5, 0.6) is 0 Å². The van der Waals surface area contributed by atoms with Gasteiger partial charge >= 0.3 is 5.97 Å². The Morgan fingerprint density at radius 3 is 2.76 bits per heavy atom. The molecule has 0 saturated carbocycles. The van der Waals surface area contributed by atoms with E-state index in [1.54, 1.807) is 0 Å². The summed E-state index contributed by atoms with van der Waals surface area (Å²) >= 11 is 0. The third kappa shape index (κ3) is 4.29. The first kappa shape index (κ1) is 16.0. The molecule has 1 aromatic rings. The van der Waals surface area contributed by atoms with Gasteiger partial charge in [-0.15, -0.1) is 0 Å². The van der Waals surface area contributed by atoms with Crippen molar-refractivity contribution in [2.45, 2.75) is 45.4 Å². The maximum atomic E-state index is 11.5. The molecule has 0 radical (unpaired) electrons. The number of nitrogens with zero attached hydrogens (tertiary/aromatic N) is 1. The average molecular weight is 291 g/mol. The van der Waals surface area contributed by atoms with Crippen LogP contribution in [0.15, 0.2) is 24.3 Å². The van der Waals surface area contributed by atoms with E-state index >= 15 is 0 Å². The van der Waals surface area contributed by atoms with Crippen LogP contribution in [0.2, 0.25) is 0 Å². The highest BCUT2D eigenvalue weighted by Gasteiger charge is 2.26. The number of hydrogen-bond donors (Lipinski definition) is 0. The number of esters is 1. The first-order chi connectivity index (χ1) is 10.1. The summed E-state index contributed by atoms with van der Waals surface area (Å²) < 4.78 is 10.5. The number of carbonyl (C=O) groups excluding carboxylic acids is 1. The second-order valence-electron chi connectivity index (χ2n) is 5.66. The lowest BCUT2D eigenvalue weighted by molar-refractivity contribution is -0.139. The van der Waals surface area contributed by atoms with E-state index in [0.29, 0.717) is 12.5 Å². The number of methoxy groups -OCH3 is 1. The Morgan fingerprint density at radius 1 is 1.38 bits per heavy atom. The van der Waals surface area contributed by atoms with Gasteiger partial charge in [0, 0.05) is 19.1 Å². The van der Waals surface area contributed by atoms with E-state index in [2.05, 4.69) is 24.8 Å². The van der Waals surface area contributed by atoms with Crippen molar-refractivity contribution in [1.82, 2.24) is 4.90 Å².